The van der Waals surface area contributed by atoms with Gasteiger partial charge >= 0.3 is 0 Å². The predicted octanol–water partition coefficient (Wildman–Crippen LogP) is 3.10. The molecule has 17 heavy (non-hydrogen) atoms. The lowest BCUT2D eigenvalue weighted by Crippen LogP contribution is -2.24. The van der Waals surface area contributed by atoms with E-state index in [0.29, 0.717) is 12.5 Å². The van der Waals surface area contributed by atoms with Crippen molar-refractivity contribution in [2.45, 2.75) is 45.3 Å². The fourth-order valence-electron chi connectivity index (χ4n) is 2.24. The van der Waals surface area contributed by atoms with Crippen LogP contribution in [-0.2, 0) is 11.2 Å². The summed E-state index contributed by atoms with van der Waals surface area (Å²) in [4.78, 5) is 0. The molecule has 0 spiro atoms. The summed E-state index contributed by atoms with van der Waals surface area (Å²) >= 11 is 0. The van der Waals surface area contributed by atoms with Gasteiger partial charge in [0.25, 0.3) is 0 Å². The Hall–Kier alpha value is -0.860. The van der Waals surface area contributed by atoms with E-state index in [9.17, 15) is 5.11 Å². The molecule has 94 valence electrons. The van der Waals surface area contributed by atoms with Gasteiger partial charge in [-0.1, -0.05) is 31.2 Å². The summed E-state index contributed by atoms with van der Waals surface area (Å²) in [5.41, 5.74) is 2.29. The first-order valence-corrected chi connectivity index (χ1v) is 6.64. The van der Waals surface area contributed by atoms with Gasteiger partial charge in [0.15, 0.2) is 0 Å². The molecule has 1 N–H and O–H groups in total. The maximum absolute atomic E-state index is 10.4. The van der Waals surface area contributed by atoms with E-state index in [0.717, 1.165) is 12.0 Å². The minimum atomic E-state index is -0.478. The Bertz CT molecular complexity index is 340. The van der Waals surface area contributed by atoms with E-state index in [1.54, 1.807) is 0 Å². The monoisotopic (exact) mass is 234 g/mol. The number of benzene rings is 1. The van der Waals surface area contributed by atoms with Crippen molar-refractivity contribution in [1.29, 1.82) is 0 Å². The molecule has 2 atom stereocenters. The van der Waals surface area contributed by atoms with Crippen molar-refractivity contribution in [1.82, 2.24) is 0 Å². The summed E-state index contributed by atoms with van der Waals surface area (Å²) in [6, 6.07) is 8.23. The van der Waals surface area contributed by atoms with Crippen molar-refractivity contribution >= 4 is 0 Å². The van der Waals surface area contributed by atoms with Gasteiger partial charge in [0.05, 0.1) is 6.10 Å². The zero-order chi connectivity index (χ0) is 12.3. The van der Waals surface area contributed by atoms with E-state index < -0.39 is 6.10 Å². The van der Waals surface area contributed by atoms with Crippen LogP contribution in [-0.4, -0.2) is 17.8 Å². The number of rotatable bonds is 6. The highest BCUT2D eigenvalue weighted by atomic mass is 16.5. The van der Waals surface area contributed by atoms with Crippen LogP contribution >= 0.6 is 0 Å². The minimum Gasteiger partial charge on any atom is -0.386 e. The van der Waals surface area contributed by atoms with E-state index in [2.05, 4.69) is 19.1 Å². The van der Waals surface area contributed by atoms with Gasteiger partial charge in [0.1, 0.15) is 6.10 Å². The lowest BCUT2D eigenvalue weighted by atomic mass is 9.99. The molecule has 2 unspecified atom stereocenters. The summed E-state index contributed by atoms with van der Waals surface area (Å²) in [6.45, 7) is 4.80. The first-order valence-electron chi connectivity index (χ1n) is 6.64. The zero-order valence-corrected chi connectivity index (χ0v) is 10.7. The van der Waals surface area contributed by atoms with Crippen molar-refractivity contribution in [3.63, 3.8) is 0 Å². The number of ether oxygens (including phenoxy) is 1. The lowest BCUT2D eigenvalue weighted by molar-refractivity contribution is -0.0461. The molecule has 1 aromatic rings. The second-order valence-electron chi connectivity index (χ2n) is 4.80. The summed E-state index contributed by atoms with van der Waals surface area (Å²) in [6.07, 6.45) is 2.91. The smallest absolute Gasteiger partial charge is 0.105 e. The van der Waals surface area contributed by atoms with E-state index in [-0.39, 0.29) is 6.10 Å². The van der Waals surface area contributed by atoms with Gasteiger partial charge in [0, 0.05) is 6.61 Å². The molecule has 0 aliphatic heterocycles. The Labute approximate surface area is 104 Å². The quantitative estimate of drug-likeness (QED) is 0.819. The van der Waals surface area contributed by atoms with Crippen LogP contribution in [0.3, 0.4) is 0 Å². The molecule has 0 aromatic heterocycles. The summed E-state index contributed by atoms with van der Waals surface area (Å²) < 4.78 is 5.69. The fourth-order valence-corrected chi connectivity index (χ4v) is 2.24. The van der Waals surface area contributed by atoms with Crippen molar-refractivity contribution in [3.05, 3.63) is 35.4 Å². The molecule has 0 heterocycles. The molecule has 0 radical (unpaired) electrons. The molecule has 0 saturated heterocycles. The van der Waals surface area contributed by atoms with Crippen LogP contribution in [0.2, 0.25) is 0 Å². The molecule has 2 nitrogen and oxygen atoms in total. The molecule has 1 aliphatic carbocycles. The van der Waals surface area contributed by atoms with Gasteiger partial charge in [0.2, 0.25) is 0 Å². The average molecular weight is 234 g/mol. The van der Waals surface area contributed by atoms with Crippen LogP contribution in [0.5, 0.6) is 0 Å². The average Bonchev–Trinajstić information content (AvgIpc) is 3.19. The number of aliphatic hydroxyl groups is 1. The number of aryl methyl sites for hydroxylation is 1. The summed E-state index contributed by atoms with van der Waals surface area (Å²) in [5, 5.41) is 10.4. The van der Waals surface area contributed by atoms with Crippen LogP contribution in [0.1, 0.15) is 43.9 Å². The Morgan fingerprint density at radius 2 is 1.88 bits per heavy atom. The van der Waals surface area contributed by atoms with Gasteiger partial charge in [-0.2, -0.15) is 0 Å². The second-order valence-corrected chi connectivity index (χ2v) is 4.80. The number of hydrogen-bond acceptors (Lipinski definition) is 2. The summed E-state index contributed by atoms with van der Waals surface area (Å²) in [5.74, 6) is 0.552. The zero-order valence-electron chi connectivity index (χ0n) is 10.7. The van der Waals surface area contributed by atoms with Gasteiger partial charge in [-0.05, 0) is 43.2 Å². The highest BCUT2D eigenvalue weighted by Crippen LogP contribution is 2.40. The molecule has 0 bridgehead atoms. The van der Waals surface area contributed by atoms with Gasteiger partial charge in [-0.15, -0.1) is 0 Å². The third-order valence-corrected chi connectivity index (χ3v) is 3.49. The molecular formula is C15H22O2. The van der Waals surface area contributed by atoms with Crippen LogP contribution in [0.25, 0.3) is 0 Å². The minimum absolute atomic E-state index is 0.0209. The molecular weight excluding hydrogens is 212 g/mol. The molecule has 2 heteroatoms. The third kappa shape index (κ3) is 3.08. The van der Waals surface area contributed by atoms with Gasteiger partial charge < -0.3 is 9.84 Å². The van der Waals surface area contributed by atoms with Crippen LogP contribution in [0.4, 0.5) is 0 Å². The molecule has 0 amide bonds. The van der Waals surface area contributed by atoms with Crippen LogP contribution in [0, 0.1) is 5.92 Å². The van der Waals surface area contributed by atoms with Crippen molar-refractivity contribution in [2.24, 2.45) is 5.92 Å². The van der Waals surface area contributed by atoms with Crippen LogP contribution < -0.4 is 0 Å². The van der Waals surface area contributed by atoms with Crippen molar-refractivity contribution in [3.8, 4) is 0 Å². The highest BCUT2D eigenvalue weighted by Gasteiger charge is 2.37. The number of aliphatic hydroxyl groups excluding tert-OH is 1. The molecule has 2 rings (SSSR count). The predicted molar refractivity (Wildman–Crippen MR) is 68.9 cm³/mol. The second kappa shape index (κ2) is 5.65. The first-order chi connectivity index (χ1) is 8.26. The molecule has 1 fully saturated rings. The molecule has 1 aromatic carbocycles. The maximum atomic E-state index is 10.4. The third-order valence-electron chi connectivity index (χ3n) is 3.49. The SMILES string of the molecule is CCOC(C1CC1)C(O)c1ccc(CC)cc1. The Morgan fingerprint density at radius 1 is 1.24 bits per heavy atom. The standard InChI is InChI=1S/C15H22O2/c1-3-11-5-7-12(8-6-11)14(16)15(17-4-2)13-9-10-13/h5-8,13-16H,3-4,9-10H2,1-2H3. The topological polar surface area (TPSA) is 29.5 Å². The largest absolute Gasteiger partial charge is 0.386 e. The highest BCUT2D eigenvalue weighted by molar-refractivity contribution is 5.25. The Kier molecular flexibility index (Phi) is 4.19. The number of hydrogen-bond donors (Lipinski definition) is 1. The van der Waals surface area contributed by atoms with Crippen LogP contribution in [0.15, 0.2) is 24.3 Å². The van der Waals surface area contributed by atoms with Crippen molar-refractivity contribution < 1.29 is 9.84 Å². The van der Waals surface area contributed by atoms with E-state index in [1.165, 1.54) is 18.4 Å². The Morgan fingerprint density at radius 3 is 2.35 bits per heavy atom. The maximum Gasteiger partial charge on any atom is 0.105 e. The Balaban J connectivity index is 2.07. The van der Waals surface area contributed by atoms with E-state index in [1.807, 2.05) is 19.1 Å². The first kappa shape index (κ1) is 12.6. The lowest BCUT2D eigenvalue weighted by Gasteiger charge is -2.23. The normalized spacial score (nSPS) is 19.0. The molecule has 1 aliphatic rings. The van der Waals surface area contributed by atoms with E-state index in [4.69, 9.17) is 4.74 Å². The van der Waals surface area contributed by atoms with Gasteiger partial charge in [-0.3, -0.25) is 0 Å². The van der Waals surface area contributed by atoms with Crippen molar-refractivity contribution in [2.75, 3.05) is 6.61 Å². The fraction of sp³-hybridized carbons (Fsp3) is 0.600. The molecule has 1 saturated carbocycles. The van der Waals surface area contributed by atoms with Gasteiger partial charge in [-0.25, -0.2) is 0 Å². The van der Waals surface area contributed by atoms with E-state index >= 15 is 0 Å². The summed E-state index contributed by atoms with van der Waals surface area (Å²) in [7, 11) is 0.